The molecule has 2 aromatic heterocycles. The molecule has 3 rings (SSSR count). The number of anilines is 1. The molecule has 26 heavy (non-hydrogen) atoms. The first-order chi connectivity index (χ1) is 12.2. The molecular formula is C15H19BrN4O3S3. The highest BCUT2D eigenvalue weighted by atomic mass is 79.9. The first-order valence-electron chi connectivity index (χ1n) is 7.92. The van der Waals surface area contributed by atoms with Gasteiger partial charge in [-0.15, -0.1) is 11.3 Å². The number of carbonyl (C=O) groups is 1. The van der Waals surface area contributed by atoms with E-state index in [1.807, 2.05) is 14.0 Å². The number of thiophene rings is 1. The first kappa shape index (κ1) is 19.9. The summed E-state index contributed by atoms with van der Waals surface area (Å²) in [6, 6.07) is 1.69. The van der Waals surface area contributed by atoms with Gasteiger partial charge >= 0.3 is 0 Å². The quantitative estimate of drug-likeness (QED) is 0.730. The Morgan fingerprint density at radius 1 is 1.27 bits per heavy atom. The van der Waals surface area contributed by atoms with Crippen molar-refractivity contribution in [3.05, 3.63) is 15.5 Å². The lowest BCUT2D eigenvalue weighted by molar-refractivity contribution is -0.114. The van der Waals surface area contributed by atoms with Crippen LogP contribution in [-0.2, 0) is 14.8 Å². The summed E-state index contributed by atoms with van der Waals surface area (Å²) in [5.41, 5.74) is 1.54. The van der Waals surface area contributed by atoms with Crippen LogP contribution in [0.4, 0.5) is 5.13 Å². The molecule has 1 aliphatic rings. The van der Waals surface area contributed by atoms with Gasteiger partial charge in [0.2, 0.25) is 5.91 Å². The predicted octanol–water partition coefficient (Wildman–Crippen LogP) is 2.84. The van der Waals surface area contributed by atoms with E-state index in [0.29, 0.717) is 22.4 Å². The maximum Gasteiger partial charge on any atom is 0.252 e. The Hall–Kier alpha value is -0.850. The SMILES string of the molecule is CC(=O)Nc1nc(C)c(-c2cc(S(=O)(=O)N3CCN(C)CC3)sc2Br)s1. The minimum absolute atomic E-state index is 0.187. The van der Waals surface area contributed by atoms with E-state index in [4.69, 9.17) is 0 Å². The fraction of sp³-hybridized carbons (Fsp3) is 0.467. The highest BCUT2D eigenvalue weighted by Crippen LogP contribution is 2.43. The standard InChI is InChI=1S/C15H19BrN4O3S3/c1-9-13(25-15(17-9)18-10(2)21)11-8-12(24-14(11)16)26(22,23)20-6-4-19(3)5-7-20/h8H,4-7H2,1-3H3,(H,17,18,21). The fourth-order valence-electron chi connectivity index (χ4n) is 2.64. The number of nitrogens with one attached hydrogen (secondary N) is 1. The Morgan fingerprint density at radius 3 is 2.54 bits per heavy atom. The van der Waals surface area contributed by atoms with Crippen LogP contribution in [0.3, 0.4) is 0 Å². The van der Waals surface area contributed by atoms with Gasteiger partial charge < -0.3 is 10.2 Å². The van der Waals surface area contributed by atoms with Crippen LogP contribution in [0.15, 0.2) is 14.1 Å². The molecule has 1 aliphatic heterocycles. The van der Waals surface area contributed by atoms with Gasteiger partial charge in [0.15, 0.2) is 5.13 Å². The van der Waals surface area contributed by atoms with Crippen LogP contribution in [0.25, 0.3) is 10.4 Å². The molecule has 3 heterocycles. The van der Waals surface area contributed by atoms with E-state index < -0.39 is 10.0 Å². The van der Waals surface area contributed by atoms with E-state index in [-0.39, 0.29) is 5.91 Å². The van der Waals surface area contributed by atoms with E-state index in [0.717, 1.165) is 33.0 Å². The number of aryl methyl sites for hydroxylation is 1. The summed E-state index contributed by atoms with van der Waals surface area (Å²) in [6.45, 7) is 5.72. The highest BCUT2D eigenvalue weighted by molar-refractivity contribution is 9.11. The molecule has 1 fully saturated rings. The van der Waals surface area contributed by atoms with Crippen molar-refractivity contribution in [2.75, 3.05) is 38.5 Å². The second-order valence-corrected chi connectivity index (χ2v) is 11.6. The van der Waals surface area contributed by atoms with E-state index in [2.05, 4.69) is 31.1 Å². The number of amides is 1. The van der Waals surface area contributed by atoms with Crippen LogP contribution in [0.5, 0.6) is 0 Å². The van der Waals surface area contributed by atoms with Gasteiger partial charge in [0.1, 0.15) is 4.21 Å². The van der Waals surface area contributed by atoms with E-state index in [9.17, 15) is 13.2 Å². The Bertz CT molecular complexity index is 930. The van der Waals surface area contributed by atoms with Gasteiger partial charge in [-0.1, -0.05) is 11.3 Å². The molecule has 1 saturated heterocycles. The number of piperazine rings is 1. The van der Waals surface area contributed by atoms with Crippen molar-refractivity contribution in [1.82, 2.24) is 14.2 Å². The molecular weight excluding hydrogens is 460 g/mol. The summed E-state index contributed by atoms with van der Waals surface area (Å²) >= 11 is 6.03. The molecule has 7 nitrogen and oxygen atoms in total. The number of halogens is 1. The number of hydrogen-bond donors (Lipinski definition) is 1. The van der Waals surface area contributed by atoms with Crippen molar-refractivity contribution in [3.63, 3.8) is 0 Å². The molecule has 1 N–H and O–H groups in total. The van der Waals surface area contributed by atoms with E-state index in [1.165, 1.54) is 33.9 Å². The predicted molar refractivity (Wildman–Crippen MR) is 108 cm³/mol. The Kier molecular flexibility index (Phi) is 5.85. The van der Waals surface area contributed by atoms with Crippen LogP contribution < -0.4 is 5.32 Å². The zero-order valence-corrected chi connectivity index (χ0v) is 18.6. The van der Waals surface area contributed by atoms with Crippen LogP contribution in [0, 0.1) is 6.92 Å². The number of nitrogens with zero attached hydrogens (tertiary/aromatic N) is 3. The lowest BCUT2D eigenvalue weighted by Gasteiger charge is -2.31. The topological polar surface area (TPSA) is 82.6 Å². The van der Waals surface area contributed by atoms with Gasteiger partial charge in [-0.05, 0) is 36.0 Å². The summed E-state index contributed by atoms with van der Waals surface area (Å²) in [4.78, 5) is 18.5. The molecule has 0 aromatic carbocycles. The smallest absolute Gasteiger partial charge is 0.252 e. The minimum Gasteiger partial charge on any atom is -0.304 e. The number of hydrogen-bond acceptors (Lipinski definition) is 7. The molecule has 1 amide bonds. The first-order valence-corrected chi connectivity index (χ1v) is 11.8. The summed E-state index contributed by atoms with van der Waals surface area (Å²) in [6.07, 6.45) is 0. The number of likely N-dealkylation sites (N-methyl/N-ethyl adjacent to an activating group) is 1. The molecule has 0 aliphatic carbocycles. The molecule has 11 heteroatoms. The van der Waals surface area contributed by atoms with Crippen molar-refractivity contribution >= 4 is 59.7 Å². The normalized spacial score (nSPS) is 16.8. The van der Waals surface area contributed by atoms with Gasteiger partial charge in [0.25, 0.3) is 10.0 Å². The van der Waals surface area contributed by atoms with Crippen molar-refractivity contribution < 1.29 is 13.2 Å². The fourth-order valence-corrected chi connectivity index (χ4v) is 7.80. The molecule has 0 bridgehead atoms. The third-order valence-corrected chi connectivity index (χ3v) is 9.33. The lowest BCUT2D eigenvalue weighted by Crippen LogP contribution is -2.46. The van der Waals surface area contributed by atoms with Crippen molar-refractivity contribution in [3.8, 4) is 10.4 Å². The van der Waals surface area contributed by atoms with Gasteiger partial charge in [-0.3, -0.25) is 4.79 Å². The number of thiazole rings is 1. The molecule has 142 valence electrons. The number of carbonyl (C=O) groups excluding carboxylic acids is 1. The van der Waals surface area contributed by atoms with E-state index in [1.54, 1.807) is 6.07 Å². The maximum absolute atomic E-state index is 13.0. The highest BCUT2D eigenvalue weighted by Gasteiger charge is 2.30. The number of rotatable bonds is 4. The zero-order chi connectivity index (χ0) is 19.1. The molecule has 0 radical (unpaired) electrons. The van der Waals surface area contributed by atoms with Gasteiger partial charge in [0, 0.05) is 38.7 Å². The molecule has 0 saturated carbocycles. The number of sulfonamides is 1. The minimum atomic E-state index is -3.51. The van der Waals surface area contributed by atoms with Crippen molar-refractivity contribution in [2.24, 2.45) is 0 Å². The average Bonchev–Trinajstić information content (AvgIpc) is 3.10. The number of aromatic nitrogens is 1. The maximum atomic E-state index is 13.0. The second kappa shape index (κ2) is 7.64. The van der Waals surface area contributed by atoms with Crippen LogP contribution >= 0.6 is 38.6 Å². The third kappa shape index (κ3) is 4.02. The summed E-state index contributed by atoms with van der Waals surface area (Å²) in [5.74, 6) is -0.187. The largest absolute Gasteiger partial charge is 0.304 e. The average molecular weight is 479 g/mol. The Labute approximate surface area is 169 Å². The van der Waals surface area contributed by atoms with E-state index >= 15 is 0 Å². The Balaban J connectivity index is 1.92. The second-order valence-electron chi connectivity index (χ2n) is 6.07. The van der Waals surface area contributed by atoms with Crippen LogP contribution in [0.2, 0.25) is 0 Å². The van der Waals surface area contributed by atoms with Crippen LogP contribution in [-0.4, -0.2) is 61.7 Å². The van der Waals surface area contributed by atoms with Gasteiger partial charge in [-0.2, -0.15) is 4.31 Å². The summed E-state index contributed by atoms with van der Waals surface area (Å²) in [5, 5.41) is 3.18. The van der Waals surface area contributed by atoms with Gasteiger partial charge in [0.05, 0.1) is 14.4 Å². The lowest BCUT2D eigenvalue weighted by atomic mass is 10.2. The summed E-state index contributed by atoms with van der Waals surface area (Å²) in [7, 11) is -1.52. The molecule has 0 unspecified atom stereocenters. The van der Waals surface area contributed by atoms with Gasteiger partial charge in [-0.25, -0.2) is 13.4 Å². The van der Waals surface area contributed by atoms with Crippen LogP contribution in [0.1, 0.15) is 12.6 Å². The molecule has 0 atom stereocenters. The molecule has 0 spiro atoms. The Morgan fingerprint density at radius 2 is 1.92 bits per heavy atom. The third-order valence-electron chi connectivity index (χ3n) is 4.04. The molecule has 2 aromatic rings. The zero-order valence-electron chi connectivity index (χ0n) is 14.6. The monoisotopic (exact) mass is 478 g/mol. The summed E-state index contributed by atoms with van der Waals surface area (Å²) < 4.78 is 28.5. The van der Waals surface area contributed by atoms with Crippen molar-refractivity contribution in [1.29, 1.82) is 0 Å². The van der Waals surface area contributed by atoms with Crippen molar-refractivity contribution in [2.45, 2.75) is 18.1 Å².